The van der Waals surface area contributed by atoms with E-state index in [0.717, 1.165) is 24.8 Å². The van der Waals surface area contributed by atoms with Gasteiger partial charge in [-0.1, -0.05) is 0 Å². The van der Waals surface area contributed by atoms with Crippen LogP contribution in [0.3, 0.4) is 0 Å². The maximum Gasteiger partial charge on any atom is 0.238 e. The molecule has 1 saturated carbocycles. The lowest BCUT2D eigenvalue weighted by Crippen LogP contribution is -2.26. The summed E-state index contributed by atoms with van der Waals surface area (Å²) in [7, 11) is -3.73. The van der Waals surface area contributed by atoms with Gasteiger partial charge in [0.05, 0.1) is 11.0 Å². The van der Waals surface area contributed by atoms with E-state index in [1.807, 2.05) is 6.92 Å². The quantitative estimate of drug-likeness (QED) is 0.733. The van der Waals surface area contributed by atoms with Gasteiger partial charge in [-0.2, -0.15) is 4.98 Å². The van der Waals surface area contributed by atoms with E-state index in [0.29, 0.717) is 17.5 Å². The first-order valence-corrected chi connectivity index (χ1v) is 9.46. The third-order valence-corrected chi connectivity index (χ3v) is 4.97. The predicted octanol–water partition coefficient (Wildman–Crippen LogP) is 1.47. The average molecular weight is 364 g/mol. The molecule has 8 nitrogen and oxygen atoms in total. The minimum absolute atomic E-state index is 0.0297. The Morgan fingerprint density at radius 1 is 1.28 bits per heavy atom. The lowest BCUT2D eigenvalue weighted by atomic mass is 10.2. The van der Waals surface area contributed by atoms with Gasteiger partial charge in [-0.3, -0.25) is 0 Å². The molecule has 0 bridgehead atoms. The molecule has 1 aliphatic carbocycles. The highest BCUT2D eigenvalue weighted by Gasteiger charge is 2.27. The number of primary sulfonamides is 1. The van der Waals surface area contributed by atoms with Crippen LogP contribution in [0.2, 0.25) is 0 Å². The van der Waals surface area contributed by atoms with E-state index in [4.69, 9.17) is 9.88 Å². The summed E-state index contributed by atoms with van der Waals surface area (Å²) in [6.45, 7) is 1.83. The van der Waals surface area contributed by atoms with Gasteiger partial charge in [0.25, 0.3) is 0 Å². The Morgan fingerprint density at radius 2 is 2.00 bits per heavy atom. The van der Waals surface area contributed by atoms with E-state index < -0.39 is 16.1 Å². The highest BCUT2D eigenvalue weighted by molar-refractivity contribution is 7.89. The molecule has 0 spiro atoms. The lowest BCUT2D eigenvalue weighted by Gasteiger charge is -2.18. The van der Waals surface area contributed by atoms with Crippen LogP contribution in [-0.4, -0.2) is 35.7 Å². The number of aromatic nitrogens is 2. The zero-order valence-corrected chi connectivity index (χ0v) is 14.5. The number of sulfonamides is 1. The van der Waals surface area contributed by atoms with Crippen LogP contribution in [0.15, 0.2) is 35.4 Å². The van der Waals surface area contributed by atoms with E-state index >= 15 is 0 Å². The SMILES string of the molecule is Cc1cnc(Nc2ccc(S(N)(=O)=O)cc2)nc1OC1CCCC1O. The standard InChI is InChI=1S/C16H20N4O4S/c1-10-9-18-16(20-15(10)24-14-4-2-3-13(14)21)19-11-5-7-12(8-6-11)25(17,22)23/h5-9,13-14,21H,2-4H2,1H3,(H2,17,22,23)(H,18,19,20). The molecule has 1 fully saturated rings. The van der Waals surface area contributed by atoms with Crippen molar-refractivity contribution in [1.29, 1.82) is 0 Å². The summed E-state index contributed by atoms with van der Waals surface area (Å²) in [6.07, 6.45) is 3.35. The van der Waals surface area contributed by atoms with Gasteiger partial charge >= 0.3 is 0 Å². The zero-order chi connectivity index (χ0) is 18.0. The molecule has 134 valence electrons. The highest BCUT2D eigenvalue weighted by atomic mass is 32.2. The van der Waals surface area contributed by atoms with E-state index in [2.05, 4.69) is 15.3 Å². The molecule has 2 unspecified atom stereocenters. The van der Waals surface area contributed by atoms with E-state index in [-0.39, 0.29) is 11.0 Å². The largest absolute Gasteiger partial charge is 0.471 e. The second-order valence-corrected chi connectivity index (χ2v) is 7.59. The van der Waals surface area contributed by atoms with Crippen molar-refractivity contribution < 1.29 is 18.3 Å². The van der Waals surface area contributed by atoms with Crippen LogP contribution in [0.25, 0.3) is 0 Å². The number of aliphatic hydroxyl groups is 1. The fraction of sp³-hybridized carbons (Fsp3) is 0.375. The van der Waals surface area contributed by atoms with Crippen molar-refractivity contribution in [3.63, 3.8) is 0 Å². The molecular formula is C16H20N4O4S. The molecule has 0 aliphatic heterocycles. The molecule has 2 aromatic rings. The number of ether oxygens (including phenoxy) is 1. The Morgan fingerprint density at radius 3 is 2.60 bits per heavy atom. The van der Waals surface area contributed by atoms with E-state index in [9.17, 15) is 13.5 Å². The summed E-state index contributed by atoms with van der Waals surface area (Å²) in [6, 6.07) is 5.95. The van der Waals surface area contributed by atoms with E-state index in [1.54, 1.807) is 18.3 Å². The number of hydrogen-bond acceptors (Lipinski definition) is 7. The maximum absolute atomic E-state index is 11.3. The third kappa shape index (κ3) is 4.25. The first-order valence-electron chi connectivity index (χ1n) is 7.91. The summed E-state index contributed by atoms with van der Waals surface area (Å²) in [5.74, 6) is 0.737. The average Bonchev–Trinajstić information content (AvgIpc) is 2.95. The van der Waals surface area contributed by atoms with Crippen molar-refractivity contribution in [1.82, 2.24) is 9.97 Å². The number of nitrogens with one attached hydrogen (secondary N) is 1. The maximum atomic E-state index is 11.3. The van der Waals surface area contributed by atoms with Gasteiger partial charge in [-0.25, -0.2) is 18.5 Å². The lowest BCUT2D eigenvalue weighted by molar-refractivity contribution is 0.0569. The van der Waals surface area contributed by atoms with Crippen molar-refractivity contribution in [3.8, 4) is 5.88 Å². The molecular weight excluding hydrogens is 344 g/mol. The summed E-state index contributed by atoms with van der Waals surface area (Å²) in [4.78, 5) is 8.56. The molecule has 1 aliphatic rings. The molecule has 9 heteroatoms. The highest BCUT2D eigenvalue weighted by Crippen LogP contribution is 2.26. The molecule has 3 rings (SSSR count). The summed E-state index contributed by atoms with van der Waals surface area (Å²) in [5, 5.41) is 18.0. The zero-order valence-electron chi connectivity index (χ0n) is 13.7. The first-order chi connectivity index (χ1) is 11.8. The van der Waals surface area contributed by atoms with Gasteiger partial charge in [-0.05, 0) is 50.5 Å². The molecule has 25 heavy (non-hydrogen) atoms. The Hall–Kier alpha value is -2.23. The van der Waals surface area contributed by atoms with Crippen molar-refractivity contribution in [2.75, 3.05) is 5.32 Å². The smallest absolute Gasteiger partial charge is 0.238 e. The topological polar surface area (TPSA) is 127 Å². The Balaban J connectivity index is 1.75. The molecule has 1 heterocycles. The van der Waals surface area contributed by atoms with Crippen LogP contribution in [0, 0.1) is 6.92 Å². The van der Waals surface area contributed by atoms with Crippen LogP contribution in [0.4, 0.5) is 11.6 Å². The normalized spacial score (nSPS) is 20.4. The van der Waals surface area contributed by atoms with Crippen LogP contribution in [0.1, 0.15) is 24.8 Å². The monoisotopic (exact) mass is 364 g/mol. The fourth-order valence-corrected chi connectivity index (χ4v) is 3.17. The number of aliphatic hydroxyl groups excluding tert-OH is 1. The molecule has 4 N–H and O–H groups in total. The molecule has 1 aromatic carbocycles. The van der Waals surface area contributed by atoms with E-state index in [1.165, 1.54) is 12.1 Å². The van der Waals surface area contributed by atoms with Gasteiger partial charge < -0.3 is 15.2 Å². The van der Waals surface area contributed by atoms with Crippen molar-refractivity contribution in [2.24, 2.45) is 5.14 Å². The van der Waals surface area contributed by atoms with Crippen LogP contribution in [-0.2, 0) is 10.0 Å². The summed E-state index contributed by atoms with van der Waals surface area (Å²) in [5.41, 5.74) is 1.39. The van der Waals surface area contributed by atoms with Gasteiger partial charge in [0.15, 0.2) is 0 Å². The Kier molecular flexibility index (Phi) is 4.89. The van der Waals surface area contributed by atoms with Crippen LogP contribution >= 0.6 is 0 Å². The fourth-order valence-electron chi connectivity index (χ4n) is 2.65. The molecule has 2 atom stereocenters. The molecule has 0 amide bonds. The second kappa shape index (κ2) is 6.95. The van der Waals surface area contributed by atoms with Gasteiger partial charge in [-0.15, -0.1) is 0 Å². The molecule has 0 saturated heterocycles. The third-order valence-electron chi connectivity index (χ3n) is 4.04. The van der Waals surface area contributed by atoms with Crippen LogP contribution in [0.5, 0.6) is 5.88 Å². The number of anilines is 2. The second-order valence-electron chi connectivity index (χ2n) is 6.03. The predicted molar refractivity (Wildman–Crippen MR) is 92.1 cm³/mol. The number of benzene rings is 1. The summed E-state index contributed by atoms with van der Waals surface area (Å²) < 4.78 is 28.4. The minimum atomic E-state index is -3.73. The van der Waals surface area contributed by atoms with Crippen molar-refractivity contribution >= 4 is 21.7 Å². The van der Waals surface area contributed by atoms with Crippen LogP contribution < -0.4 is 15.2 Å². The summed E-state index contributed by atoms with van der Waals surface area (Å²) >= 11 is 0. The minimum Gasteiger partial charge on any atom is -0.471 e. The first kappa shape index (κ1) is 17.6. The molecule has 0 radical (unpaired) electrons. The number of nitrogens with zero attached hydrogens (tertiary/aromatic N) is 2. The number of hydrogen-bond donors (Lipinski definition) is 3. The Bertz CT molecular complexity index is 855. The number of aryl methyl sites for hydroxylation is 1. The van der Waals surface area contributed by atoms with Gasteiger partial charge in [0, 0.05) is 17.4 Å². The Labute approximate surface area is 146 Å². The number of rotatable bonds is 5. The van der Waals surface area contributed by atoms with Gasteiger partial charge in [0.2, 0.25) is 21.9 Å². The van der Waals surface area contributed by atoms with Crippen molar-refractivity contribution in [2.45, 2.75) is 43.3 Å². The van der Waals surface area contributed by atoms with Crippen molar-refractivity contribution in [3.05, 3.63) is 36.0 Å². The number of nitrogens with two attached hydrogens (primary N) is 1. The molecule has 1 aromatic heterocycles. The van der Waals surface area contributed by atoms with Gasteiger partial charge in [0.1, 0.15) is 6.10 Å².